The van der Waals surface area contributed by atoms with Crippen molar-refractivity contribution in [3.63, 3.8) is 0 Å². The molecule has 0 spiro atoms. The van der Waals surface area contributed by atoms with Crippen LogP contribution in [-0.2, 0) is 16.1 Å². The number of nitrogens with zero attached hydrogens (tertiary/aromatic N) is 2. The van der Waals surface area contributed by atoms with Gasteiger partial charge in [0.2, 0.25) is 0 Å². The van der Waals surface area contributed by atoms with E-state index in [1.54, 1.807) is 6.20 Å². The zero-order chi connectivity index (χ0) is 17.6. The van der Waals surface area contributed by atoms with Gasteiger partial charge in [-0.3, -0.25) is 4.98 Å². The number of methoxy groups -OCH3 is 1. The molecule has 1 unspecified atom stereocenters. The number of aliphatic imine (C=N–C) groups is 1. The topological polar surface area (TPSA) is 43.7 Å². The SMILES string of the molecule is COC1CC=C(c2ccc(COCC3CC(N=C=S)C3)nc2)C=C1F. The van der Waals surface area contributed by atoms with E-state index in [0.29, 0.717) is 31.6 Å². The number of allylic oxidation sites excluding steroid dienone is 2. The normalized spacial score (nSPS) is 25.4. The van der Waals surface area contributed by atoms with Crippen LogP contribution in [0.4, 0.5) is 4.39 Å². The Kier molecular flexibility index (Phi) is 6.21. The summed E-state index contributed by atoms with van der Waals surface area (Å²) in [7, 11) is 1.52. The molecule has 1 fully saturated rings. The van der Waals surface area contributed by atoms with Crippen molar-refractivity contribution in [1.29, 1.82) is 0 Å². The third-order valence-electron chi connectivity index (χ3n) is 4.65. The first-order valence-corrected chi connectivity index (χ1v) is 8.80. The van der Waals surface area contributed by atoms with Gasteiger partial charge in [0, 0.05) is 13.3 Å². The van der Waals surface area contributed by atoms with Crippen molar-refractivity contribution in [2.45, 2.75) is 38.0 Å². The molecule has 0 N–H and O–H groups in total. The maximum Gasteiger partial charge on any atom is 0.130 e. The Hall–Kier alpha value is -1.72. The Morgan fingerprint density at radius 3 is 2.88 bits per heavy atom. The summed E-state index contributed by atoms with van der Waals surface area (Å²) < 4.78 is 24.7. The van der Waals surface area contributed by atoms with Crippen LogP contribution in [0.2, 0.25) is 0 Å². The van der Waals surface area contributed by atoms with Gasteiger partial charge in [-0.1, -0.05) is 12.1 Å². The minimum Gasteiger partial charge on any atom is -0.375 e. The fraction of sp³-hybridized carbons (Fsp3) is 0.474. The van der Waals surface area contributed by atoms with Gasteiger partial charge in [-0.15, -0.1) is 0 Å². The molecule has 2 aliphatic rings. The van der Waals surface area contributed by atoms with Gasteiger partial charge < -0.3 is 9.47 Å². The molecule has 0 aromatic carbocycles. The first-order chi connectivity index (χ1) is 12.2. The summed E-state index contributed by atoms with van der Waals surface area (Å²) in [4.78, 5) is 8.48. The molecular formula is C19H21FN2O2S. The van der Waals surface area contributed by atoms with E-state index in [0.717, 1.165) is 29.7 Å². The van der Waals surface area contributed by atoms with Gasteiger partial charge in [0.05, 0.1) is 30.1 Å². The molecule has 0 bridgehead atoms. The number of thiocarbonyl (C=S) groups is 1. The summed E-state index contributed by atoms with van der Waals surface area (Å²) in [5.74, 6) is 0.301. The molecule has 0 saturated heterocycles. The summed E-state index contributed by atoms with van der Waals surface area (Å²) in [5.41, 5.74) is 2.60. The van der Waals surface area contributed by atoms with Crippen molar-refractivity contribution >= 4 is 23.0 Å². The summed E-state index contributed by atoms with van der Waals surface area (Å²) in [6.45, 7) is 1.19. The zero-order valence-corrected chi connectivity index (χ0v) is 15.0. The van der Waals surface area contributed by atoms with Crippen LogP contribution in [0.3, 0.4) is 0 Å². The quantitative estimate of drug-likeness (QED) is 0.542. The molecule has 25 heavy (non-hydrogen) atoms. The van der Waals surface area contributed by atoms with Crippen molar-refractivity contribution in [2.24, 2.45) is 10.9 Å². The lowest BCUT2D eigenvalue weighted by Crippen LogP contribution is -2.30. The molecule has 1 heterocycles. The van der Waals surface area contributed by atoms with Gasteiger partial charge in [-0.2, -0.15) is 0 Å². The number of aromatic nitrogens is 1. The molecule has 1 aromatic rings. The van der Waals surface area contributed by atoms with E-state index in [1.165, 1.54) is 13.2 Å². The second-order valence-electron chi connectivity index (χ2n) is 6.41. The van der Waals surface area contributed by atoms with Crippen LogP contribution in [0.25, 0.3) is 5.57 Å². The van der Waals surface area contributed by atoms with Crippen molar-refractivity contribution in [3.8, 4) is 0 Å². The summed E-state index contributed by atoms with van der Waals surface area (Å²) >= 11 is 4.60. The van der Waals surface area contributed by atoms with Gasteiger partial charge in [0.1, 0.15) is 11.9 Å². The minimum atomic E-state index is -0.467. The minimum absolute atomic E-state index is 0.246. The number of pyridine rings is 1. The highest BCUT2D eigenvalue weighted by molar-refractivity contribution is 7.78. The lowest BCUT2D eigenvalue weighted by molar-refractivity contribution is 0.0509. The number of ether oxygens (including phenoxy) is 2. The van der Waals surface area contributed by atoms with Crippen molar-refractivity contribution in [1.82, 2.24) is 4.98 Å². The average molecular weight is 360 g/mol. The van der Waals surface area contributed by atoms with Crippen molar-refractivity contribution in [2.75, 3.05) is 13.7 Å². The highest BCUT2D eigenvalue weighted by Gasteiger charge is 2.28. The molecule has 1 saturated carbocycles. The third kappa shape index (κ3) is 4.67. The number of hydrogen-bond acceptors (Lipinski definition) is 5. The van der Waals surface area contributed by atoms with Gasteiger partial charge in [-0.05, 0) is 60.7 Å². The Balaban J connectivity index is 1.47. The van der Waals surface area contributed by atoms with Crippen LogP contribution in [-0.4, -0.2) is 36.0 Å². The van der Waals surface area contributed by atoms with Crippen LogP contribution < -0.4 is 0 Å². The Bertz CT molecular complexity index is 705. The number of halogens is 1. The molecule has 6 heteroatoms. The van der Waals surface area contributed by atoms with Crippen molar-refractivity contribution < 1.29 is 13.9 Å². The van der Waals surface area contributed by atoms with Crippen LogP contribution in [0.1, 0.15) is 30.5 Å². The lowest BCUT2D eigenvalue weighted by atomic mass is 9.81. The molecule has 0 amide bonds. The first-order valence-electron chi connectivity index (χ1n) is 8.39. The first kappa shape index (κ1) is 18.1. The molecule has 132 valence electrons. The molecule has 3 rings (SSSR count). The van der Waals surface area contributed by atoms with E-state index < -0.39 is 6.10 Å². The number of isothiocyanates is 1. The second kappa shape index (κ2) is 8.59. The fourth-order valence-corrected chi connectivity index (χ4v) is 3.23. The molecule has 1 aromatic heterocycles. The van der Waals surface area contributed by atoms with Crippen LogP contribution in [0.15, 0.2) is 41.3 Å². The van der Waals surface area contributed by atoms with Crippen LogP contribution in [0, 0.1) is 5.92 Å². The van der Waals surface area contributed by atoms with E-state index in [-0.39, 0.29) is 5.83 Å². The van der Waals surface area contributed by atoms with Crippen molar-refractivity contribution in [3.05, 3.63) is 47.6 Å². The van der Waals surface area contributed by atoms with Crippen LogP contribution in [0.5, 0.6) is 0 Å². The predicted molar refractivity (Wildman–Crippen MR) is 98.0 cm³/mol. The van der Waals surface area contributed by atoms with E-state index in [1.807, 2.05) is 18.2 Å². The highest BCUT2D eigenvalue weighted by atomic mass is 32.1. The van der Waals surface area contributed by atoms with Gasteiger partial charge in [0.15, 0.2) is 0 Å². The van der Waals surface area contributed by atoms with E-state index in [4.69, 9.17) is 9.47 Å². The highest BCUT2D eigenvalue weighted by Crippen LogP contribution is 2.30. The third-order valence-corrected chi connectivity index (χ3v) is 4.75. The van der Waals surface area contributed by atoms with Crippen LogP contribution >= 0.6 is 12.2 Å². The molecular weight excluding hydrogens is 339 g/mol. The van der Waals surface area contributed by atoms with E-state index in [9.17, 15) is 4.39 Å². The monoisotopic (exact) mass is 360 g/mol. The summed E-state index contributed by atoms with van der Waals surface area (Å²) in [6.07, 6.45) is 7.35. The maximum atomic E-state index is 13.9. The zero-order valence-electron chi connectivity index (χ0n) is 14.2. The number of hydrogen-bond donors (Lipinski definition) is 0. The second-order valence-corrected chi connectivity index (χ2v) is 6.60. The number of rotatable bonds is 7. The van der Waals surface area contributed by atoms with Gasteiger partial charge >= 0.3 is 0 Å². The molecule has 4 nitrogen and oxygen atoms in total. The molecule has 2 aliphatic carbocycles. The van der Waals surface area contributed by atoms with Gasteiger partial charge in [0.25, 0.3) is 0 Å². The Labute approximate surface area is 152 Å². The maximum absolute atomic E-state index is 13.9. The smallest absolute Gasteiger partial charge is 0.130 e. The fourth-order valence-electron chi connectivity index (χ4n) is 3.08. The summed E-state index contributed by atoms with van der Waals surface area (Å²) in [6, 6.07) is 4.20. The Morgan fingerprint density at radius 2 is 2.24 bits per heavy atom. The predicted octanol–water partition coefficient (Wildman–Crippen LogP) is 4.14. The lowest BCUT2D eigenvalue weighted by Gasteiger charge is -2.31. The average Bonchev–Trinajstić information content (AvgIpc) is 2.60. The largest absolute Gasteiger partial charge is 0.375 e. The standard InChI is InChI=1S/C19H21FN2O2S/c1-23-19-5-3-14(8-18(19)20)15-2-4-16(21-9-15)11-24-10-13-6-17(7-13)22-12-25/h2-4,8-9,13,17,19H,5-7,10-11H2,1H3. The summed E-state index contributed by atoms with van der Waals surface area (Å²) in [5, 5.41) is 2.43. The van der Waals surface area contributed by atoms with E-state index >= 15 is 0 Å². The Morgan fingerprint density at radius 1 is 1.40 bits per heavy atom. The molecule has 1 atom stereocenters. The van der Waals surface area contributed by atoms with Gasteiger partial charge in [-0.25, -0.2) is 9.38 Å². The molecule has 0 aliphatic heterocycles. The molecule has 0 radical (unpaired) electrons. The van der Waals surface area contributed by atoms with E-state index in [2.05, 4.69) is 27.4 Å².